The zero-order valence-corrected chi connectivity index (χ0v) is 21.7. The van der Waals surface area contributed by atoms with E-state index in [0.717, 1.165) is 31.1 Å². The maximum Gasteiger partial charge on any atom is 0.138 e. The van der Waals surface area contributed by atoms with Crippen LogP contribution >= 0.6 is 0 Å². The molecular weight excluding hydrogens is 376 g/mol. The minimum Gasteiger partial charge on any atom is -0.299 e. The van der Waals surface area contributed by atoms with Gasteiger partial charge in [0.05, 0.1) is 0 Å². The van der Waals surface area contributed by atoms with Crippen molar-refractivity contribution in [3.05, 3.63) is 23.3 Å². The monoisotopic (exact) mass is 424 g/mol. The van der Waals surface area contributed by atoms with Gasteiger partial charge in [-0.2, -0.15) is 0 Å². The van der Waals surface area contributed by atoms with Crippen molar-refractivity contribution in [3.8, 4) is 0 Å². The molecule has 3 fully saturated rings. The summed E-state index contributed by atoms with van der Waals surface area (Å²) < 4.78 is 0. The maximum absolute atomic E-state index is 12.8. The van der Waals surface area contributed by atoms with Gasteiger partial charge in [0.25, 0.3) is 0 Å². The van der Waals surface area contributed by atoms with Crippen LogP contribution in [0.5, 0.6) is 0 Å². The van der Waals surface area contributed by atoms with Gasteiger partial charge in [0.2, 0.25) is 0 Å². The number of fused-ring (bicyclic) bond motifs is 5. The van der Waals surface area contributed by atoms with Gasteiger partial charge in [0.1, 0.15) is 5.78 Å². The lowest BCUT2D eigenvalue weighted by molar-refractivity contribution is -0.146. The normalized spacial score (nSPS) is 44.6. The van der Waals surface area contributed by atoms with Crippen LogP contribution in [0.2, 0.25) is 0 Å². The van der Waals surface area contributed by atoms with E-state index in [2.05, 4.69) is 67.5 Å². The average molecular weight is 425 g/mol. The van der Waals surface area contributed by atoms with Crippen LogP contribution in [0.3, 0.4) is 0 Å². The van der Waals surface area contributed by atoms with Gasteiger partial charge in [-0.1, -0.05) is 64.8 Å². The van der Waals surface area contributed by atoms with E-state index in [0.29, 0.717) is 33.9 Å². The van der Waals surface area contributed by atoms with Crippen LogP contribution < -0.4 is 0 Å². The zero-order valence-electron chi connectivity index (χ0n) is 21.7. The minimum absolute atomic E-state index is 0.158. The van der Waals surface area contributed by atoms with Crippen LogP contribution in [0.15, 0.2) is 23.3 Å². The van der Waals surface area contributed by atoms with Crippen LogP contribution in [0.25, 0.3) is 0 Å². The Morgan fingerprint density at radius 1 is 1.10 bits per heavy atom. The van der Waals surface area contributed by atoms with E-state index in [1.54, 1.807) is 0 Å². The van der Waals surface area contributed by atoms with Crippen molar-refractivity contribution in [2.24, 2.45) is 45.3 Å². The number of hydrogen-bond donors (Lipinski definition) is 0. The van der Waals surface area contributed by atoms with Gasteiger partial charge in [0, 0.05) is 11.8 Å². The molecule has 7 atom stereocenters. The van der Waals surface area contributed by atoms with Crippen molar-refractivity contribution in [1.82, 2.24) is 0 Å². The van der Waals surface area contributed by atoms with Gasteiger partial charge in [-0.25, -0.2) is 0 Å². The Balaban J connectivity index is 1.63. The topological polar surface area (TPSA) is 17.1 Å². The first-order valence-electron chi connectivity index (χ1n) is 13.2. The quantitative estimate of drug-likeness (QED) is 0.413. The van der Waals surface area contributed by atoms with Crippen LogP contribution in [-0.2, 0) is 4.79 Å². The lowest BCUT2D eigenvalue weighted by Crippen LogP contribution is -2.57. The lowest BCUT2D eigenvalue weighted by Gasteiger charge is -2.63. The standard InChI is InChI=1S/C30H48O/c1-20(2)10-9-11-21(3)22-14-18-30(8)24-12-13-25-27(4,5)26(31)16-17-28(25,6)23(24)15-19-29(22,30)7/h10,12,21-23,25H,9,11,13-19H2,1-8H3/t21-,22-,23-,25+,28-,29+,30-/m1/s1. The third-order valence-electron chi connectivity index (χ3n) is 11.5. The zero-order chi connectivity index (χ0) is 22.8. The van der Waals surface area contributed by atoms with E-state index in [9.17, 15) is 4.79 Å². The molecule has 0 N–H and O–H groups in total. The second-order valence-corrected chi connectivity index (χ2v) is 13.4. The third-order valence-corrected chi connectivity index (χ3v) is 11.5. The molecule has 1 heteroatoms. The largest absolute Gasteiger partial charge is 0.299 e. The molecule has 0 unspecified atom stereocenters. The second-order valence-electron chi connectivity index (χ2n) is 13.4. The summed E-state index contributed by atoms with van der Waals surface area (Å²) in [6.45, 7) is 19.3. The lowest BCUT2D eigenvalue weighted by atomic mass is 9.41. The molecule has 0 aromatic heterocycles. The SMILES string of the molecule is CC(C)=CCC[C@@H](C)[C@H]1CC[C@]2(C)C3=CC[C@H]4C(C)(C)C(=O)CC[C@]4(C)[C@@H]3CC[C@@]12C. The van der Waals surface area contributed by atoms with E-state index in [-0.39, 0.29) is 5.41 Å². The molecule has 4 aliphatic carbocycles. The molecule has 0 amide bonds. The predicted molar refractivity (Wildman–Crippen MR) is 132 cm³/mol. The number of hydrogen-bond acceptors (Lipinski definition) is 1. The summed E-state index contributed by atoms with van der Waals surface area (Å²) in [4.78, 5) is 12.8. The smallest absolute Gasteiger partial charge is 0.138 e. The highest BCUT2D eigenvalue weighted by Gasteiger charge is 2.65. The first-order chi connectivity index (χ1) is 14.4. The van der Waals surface area contributed by atoms with Gasteiger partial charge in [0.15, 0.2) is 0 Å². The Bertz CT molecular complexity index is 795. The summed E-state index contributed by atoms with van der Waals surface area (Å²) >= 11 is 0. The molecule has 174 valence electrons. The van der Waals surface area contributed by atoms with Gasteiger partial charge in [-0.15, -0.1) is 0 Å². The molecule has 31 heavy (non-hydrogen) atoms. The van der Waals surface area contributed by atoms with E-state index in [4.69, 9.17) is 0 Å². The maximum atomic E-state index is 12.8. The third kappa shape index (κ3) is 3.26. The van der Waals surface area contributed by atoms with Crippen molar-refractivity contribution >= 4 is 5.78 Å². The number of ketones is 1. The highest BCUT2D eigenvalue weighted by molar-refractivity contribution is 5.85. The van der Waals surface area contributed by atoms with Crippen molar-refractivity contribution in [3.63, 3.8) is 0 Å². The number of rotatable bonds is 4. The first kappa shape index (κ1) is 23.3. The predicted octanol–water partition coefficient (Wildman–Crippen LogP) is 8.54. The van der Waals surface area contributed by atoms with Crippen LogP contribution in [0, 0.1) is 45.3 Å². The second kappa shape index (κ2) is 7.59. The van der Waals surface area contributed by atoms with Crippen molar-refractivity contribution in [1.29, 1.82) is 0 Å². The number of carbonyl (C=O) groups excluding carboxylic acids is 1. The van der Waals surface area contributed by atoms with Gasteiger partial charge in [-0.05, 0) is 105 Å². The fourth-order valence-electron chi connectivity index (χ4n) is 9.30. The molecule has 0 spiro atoms. The summed E-state index contributed by atoms with van der Waals surface area (Å²) in [5.74, 6) is 3.36. The van der Waals surface area contributed by atoms with Crippen molar-refractivity contribution < 1.29 is 4.79 Å². The van der Waals surface area contributed by atoms with Crippen LogP contribution in [-0.4, -0.2) is 5.78 Å². The minimum atomic E-state index is -0.158. The van der Waals surface area contributed by atoms with E-state index >= 15 is 0 Å². The van der Waals surface area contributed by atoms with Crippen molar-refractivity contribution in [2.45, 2.75) is 113 Å². The van der Waals surface area contributed by atoms with Crippen LogP contribution in [0.1, 0.15) is 113 Å². The van der Waals surface area contributed by atoms with E-state index in [1.165, 1.54) is 44.1 Å². The Morgan fingerprint density at radius 2 is 1.81 bits per heavy atom. The molecule has 0 heterocycles. The highest BCUT2D eigenvalue weighted by atomic mass is 16.1. The van der Waals surface area contributed by atoms with Gasteiger partial charge < -0.3 is 0 Å². The Hall–Kier alpha value is -0.850. The van der Waals surface area contributed by atoms with E-state index in [1.807, 2.05) is 5.57 Å². The summed E-state index contributed by atoms with van der Waals surface area (Å²) in [6.07, 6.45) is 16.2. The molecule has 0 aromatic carbocycles. The Kier molecular flexibility index (Phi) is 5.71. The van der Waals surface area contributed by atoms with Gasteiger partial charge in [-0.3, -0.25) is 4.79 Å². The molecule has 1 nitrogen and oxygen atoms in total. The number of Topliss-reactive ketones (excluding diaryl/α,β-unsaturated/α-hetero) is 1. The molecule has 0 radical (unpaired) electrons. The summed E-state index contributed by atoms with van der Waals surface area (Å²) in [6, 6.07) is 0. The number of allylic oxidation sites excluding steroid dienone is 4. The molecule has 4 aliphatic rings. The Labute approximate surface area is 192 Å². The van der Waals surface area contributed by atoms with Crippen LogP contribution in [0.4, 0.5) is 0 Å². The van der Waals surface area contributed by atoms with Gasteiger partial charge >= 0.3 is 0 Å². The number of carbonyl (C=O) groups is 1. The first-order valence-corrected chi connectivity index (χ1v) is 13.2. The fourth-order valence-corrected chi connectivity index (χ4v) is 9.30. The summed E-state index contributed by atoms with van der Waals surface area (Å²) in [7, 11) is 0. The summed E-state index contributed by atoms with van der Waals surface area (Å²) in [5, 5.41) is 0. The molecule has 0 saturated heterocycles. The highest BCUT2D eigenvalue weighted by Crippen LogP contribution is 2.73. The summed E-state index contributed by atoms with van der Waals surface area (Å²) in [5.41, 5.74) is 4.20. The molecule has 3 saturated carbocycles. The molecule has 0 aromatic rings. The molecule has 0 aliphatic heterocycles. The van der Waals surface area contributed by atoms with Crippen molar-refractivity contribution in [2.75, 3.05) is 0 Å². The fraction of sp³-hybridized carbons (Fsp3) is 0.833. The Morgan fingerprint density at radius 3 is 2.48 bits per heavy atom. The van der Waals surface area contributed by atoms with E-state index < -0.39 is 0 Å². The molecular formula is C30H48O. The average Bonchev–Trinajstić information content (AvgIpc) is 2.96. The molecule has 0 bridgehead atoms. The molecule has 4 rings (SSSR count).